The van der Waals surface area contributed by atoms with Crippen LogP contribution in [0.25, 0.3) is 5.65 Å². The van der Waals surface area contributed by atoms with Gasteiger partial charge in [0.25, 0.3) is 0 Å². The molecule has 0 atom stereocenters. The molecule has 0 radical (unpaired) electrons. The summed E-state index contributed by atoms with van der Waals surface area (Å²) in [4.78, 5) is 4.78. The summed E-state index contributed by atoms with van der Waals surface area (Å²) in [6.07, 6.45) is 7.69. The number of benzene rings is 1. The van der Waals surface area contributed by atoms with Crippen LogP contribution in [0.4, 0.5) is 5.82 Å². The van der Waals surface area contributed by atoms with Gasteiger partial charge in [0.1, 0.15) is 17.5 Å². The number of anilines is 1. The van der Waals surface area contributed by atoms with E-state index in [0.29, 0.717) is 18.0 Å². The molecule has 5 heteroatoms. The van der Waals surface area contributed by atoms with Crippen molar-refractivity contribution in [2.75, 3.05) is 5.32 Å². The molecule has 0 bridgehead atoms. The van der Waals surface area contributed by atoms with Crippen molar-refractivity contribution in [3.8, 4) is 6.07 Å². The lowest BCUT2D eigenvalue weighted by molar-refractivity contribution is 0.436. The Morgan fingerprint density at radius 3 is 2.68 bits per heavy atom. The molecule has 25 heavy (non-hydrogen) atoms. The standard InChI is InChI=1S/C20H21N5/c21-13-17-19(16-9-5-2-6-10-16)24-18-11-12-23-25(18)20(17)22-14-15-7-3-1-4-8-15/h1,3-4,7-8,11-12,16,22H,2,5-6,9-10,14H2. The second-order valence-electron chi connectivity index (χ2n) is 6.61. The summed E-state index contributed by atoms with van der Waals surface area (Å²) < 4.78 is 1.74. The normalized spacial score (nSPS) is 15.2. The monoisotopic (exact) mass is 331 g/mol. The van der Waals surface area contributed by atoms with E-state index < -0.39 is 0 Å². The third-order valence-electron chi connectivity index (χ3n) is 4.97. The van der Waals surface area contributed by atoms with Gasteiger partial charge in [0, 0.05) is 18.5 Å². The highest BCUT2D eigenvalue weighted by Gasteiger charge is 2.24. The molecule has 0 saturated heterocycles. The van der Waals surface area contributed by atoms with Crippen LogP contribution in [0.2, 0.25) is 0 Å². The average molecular weight is 331 g/mol. The number of fused-ring (bicyclic) bond motifs is 1. The smallest absolute Gasteiger partial charge is 0.157 e. The molecular formula is C20H21N5. The first-order chi connectivity index (χ1) is 12.4. The average Bonchev–Trinajstić information content (AvgIpc) is 3.15. The zero-order chi connectivity index (χ0) is 17.1. The van der Waals surface area contributed by atoms with Crippen molar-refractivity contribution in [1.29, 1.82) is 5.26 Å². The minimum Gasteiger partial charge on any atom is -0.365 e. The third-order valence-corrected chi connectivity index (χ3v) is 4.97. The minimum absolute atomic E-state index is 0.376. The minimum atomic E-state index is 0.376. The van der Waals surface area contributed by atoms with E-state index in [4.69, 9.17) is 4.98 Å². The number of aromatic nitrogens is 3. The zero-order valence-electron chi connectivity index (χ0n) is 14.2. The molecule has 1 saturated carbocycles. The molecule has 1 fully saturated rings. The predicted octanol–water partition coefficient (Wildman–Crippen LogP) is 4.26. The lowest BCUT2D eigenvalue weighted by Crippen LogP contribution is -2.15. The fourth-order valence-corrected chi connectivity index (χ4v) is 3.69. The molecule has 0 spiro atoms. The summed E-state index contributed by atoms with van der Waals surface area (Å²) in [5.41, 5.74) is 3.54. The molecule has 3 aromatic rings. The Labute approximate surface area is 147 Å². The zero-order valence-corrected chi connectivity index (χ0v) is 14.2. The van der Waals surface area contributed by atoms with E-state index in [9.17, 15) is 5.26 Å². The van der Waals surface area contributed by atoms with Gasteiger partial charge in [0.05, 0.1) is 11.9 Å². The fourth-order valence-electron chi connectivity index (χ4n) is 3.69. The van der Waals surface area contributed by atoms with Crippen LogP contribution in [-0.4, -0.2) is 14.6 Å². The van der Waals surface area contributed by atoms with Crippen molar-refractivity contribution >= 4 is 11.5 Å². The number of nitrogens with one attached hydrogen (secondary N) is 1. The van der Waals surface area contributed by atoms with Crippen molar-refractivity contribution in [3.63, 3.8) is 0 Å². The van der Waals surface area contributed by atoms with E-state index in [-0.39, 0.29) is 0 Å². The van der Waals surface area contributed by atoms with Crippen LogP contribution in [0.3, 0.4) is 0 Å². The fraction of sp³-hybridized carbons (Fsp3) is 0.350. The van der Waals surface area contributed by atoms with Crippen LogP contribution < -0.4 is 5.32 Å². The SMILES string of the molecule is N#Cc1c(C2CCCCC2)nc2ccnn2c1NCc1ccccc1. The lowest BCUT2D eigenvalue weighted by atomic mass is 9.85. The maximum Gasteiger partial charge on any atom is 0.157 e. The second-order valence-corrected chi connectivity index (χ2v) is 6.61. The first kappa shape index (κ1) is 15.6. The van der Waals surface area contributed by atoms with Crippen molar-refractivity contribution < 1.29 is 0 Å². The van der Waals surface area contributed by atoms with Crippen LogP contribution in [-0.2, 0) is 6.54 Å². The van der Waals surface area contributed by atoms with Crippen LogP contribution in [0.15, 0.2) is 42.6 Å². The van der Waals surface area contributed by atoms with Crippen molar-refractivity contribution in [3.05, 3.63) is 59.4 Å². The first-order valence-corrected chi connectivity index (χ1v) is 8.92. The summed E-state index contributed by atoms with van der Waals surface area (Å²) in [7, 11) is 0. The maximum atomic E-state index is 9.85. The Kier molecular flexibility index (Phi) is 4.34. The number of nitrogens with zero attached hydrogens (tertiary/aromatic N) is 4. The molecule has 1 aliphatic carbocycles. The Morgan fingerprint density at radius 2 is 1.92 bits per heavy atom. The topological polar surface area (TPSA) is 66.0 Å². The molecule has 1 aromatic carbocycles. The van der Waals surface area contributed by atoms with Gasteiger partial charge < -0.3 is 5.32 Å². The molecule has 1 aliphatic rings. The van der Waals surface area contributed by atoms with E-state index in [2.05, 4.69) is 28.6 Å². The number of nitriles is 1. The van der Waals surface area contributed by atoms with E-state index >= 15 is 0 Å². The lowest BCUT2D eigenvalue weighted by Gasteiger charge is -2.23. The van der Waals surface area contributed by atoms with Crippen molar-refractivity contribution in [1.82, 2.24) is 14.6 Å². The van der Waals surface area contributed by atoms with Crippen molar-refractivity contribution in [2.24, 2.45) is 0 Å². The van der Waals surface area contributed by atoms with Crippen molar-refractivity contribution in [2.45, 2.75) is 44.6 Å². The van der Waals surface area contributed by atoms with Crippen LogP contribution in [0, 0.1) is 11.3 Å². The molecule has 0 aliphatic heterocycles. The molecule has 4 rings (SSSR count). The van der Waals surface area contributed by atoms with Gasteiger partial charge in [-0.05, 0) is 18.4 Å². The molecule has 0 amide bonds. The van der Waals surface area contributed by atoms with Gasteiger partial charge >= 0.3 is 0 Å². The molecule has 0 unspecified atom stereocenters. The Hall–Kier alpha value is -2.87. The number of hydrogen-bond acceptors (Lipinski definition) is 4. The molecule has 2 heterocycles. The van der Waals surface area contributed by atoms with Gasteiger partial charge in [-0.2, -0.15) is 14.9 Å². The van der Waals surface area contributed by atoms with E-state index in [1.54, 1.807) is 10.7 Å². The summed E-state index contributed by atoms with van der Waals surface area (Å²) >= 11 is 0. The highest BCUT2D eigenvalue weighted by atomic mass is 15.3. The quantitative estimate of drug-likeness (QED) is 0.775. The Morgan fingerprint density at radius 1 is 1.12 bits per heavy atom. The molecule has 1 N–H and O–H groups in total. The molecule has 2 aromatic heterocycles. The largest absolute Gasteiger partial charge is 0.365 e. The van der Waals surface area contributed by atoms with Gasteiger partial charge in [0.15, 0.2) is 5.65 Å². The van der Waals surface area contributed by atoms with E-state index in [1.165, 1.54) is 24.8 Å². The first-order valence-electron chi connectivity index (χ1n) is 8.92. The van der Waals surface area contributed by atoms with Gasteiger partial charge in [-0.15, -0.1) is 0 Å². The number of rotatable bonds is 4. The Balaban J connectivity index is 1.75. The summed E-state index contributed by atoms with van der Waals surface area (Å²) in [6.45, 7) is 0.651. The summed E-state index contributed by atoms with van der Waals surface area (Å²) in [6, 6.07) is 14.5. The van der Waals surface area contributed by atoms with Gasteiger partial charge in [-0.1, -0.05) is 49.6 Å². The molecule has 5 nitrogen and oxygen atoms in total. The highest BCUT2D eigenvalue weighted by Crippen LogP contribution is 2.35. The summed E-state index contributed by atoms with van der Waals surface area (Å²) in [5.74, 6) is 1.13. The molecule has 126 valence electrons. The highest BCUT2D eigenvalue weighted by molar-refractivity contribution is 5.61. The third kappa shape index (κ3) is 3.08. The van der Waals surface area contributed by atoms with Crippen LogP contribution >= 0.6 is 0 Å². The van der Waals surface area contributed by atoms with Crippen LogP contribution in [0.1, 0.15) is 54.8 Å². The van der Waals surface area contributed by atoms with E-state index in [1.807, 2.05) is 24.3 Å². The summed E-state index contributed by atoms with van der Waals surface area (Å²) in [5, 5.41) is 17.6. The maximum absolute atomic E-state index is 9.85. The number of hydrogen-bond donors (Lipinski definition) is 1. The van der Waals surface area contributed by atoms with Gasteiger partial charge in [0.2, 0.25) is 0 Å². The second kappa shape index (κ2) is 6.94. The Bertz CT molecular complexity index is 901. The van der Waals surface area contributed by atoms with Gasteiger partial charge in [-0.3, -0.25) is 0 Å². The molecular weight excluding hydrogens is 310 g/mol. The predicted molar refractivity (Wildman–Crippen MR) is 97.3 cm³/mol. The van der Waals surface area contributed by atoms with Crippen LogP contribution in [0.5, 0.6) is 0 Å². The van der Waals surface area contributed by atoms with E-state index in [0.717, 1.165) is 30.0 Å². The van der Waals surface area contributed by atoms with Gasteiger partial charge in [-0.25, -0.2) is 4.98 Å².